The predicted molar refractivity (Wildman–Crippen MR) is 104 cm³/mol. The highest BCUT2D eigenvalue weighted by Crippen LogP contribution is 2.19. The number of hydrogen-bond acceptors (Lipinski definition) is 3. The molecule has 0 radical (unpaired) electrons. The van der Waals surface area contributed by atoms with Crippen LogP contribution in [0, 0.1) is 5.82 Å². The molecule has 1 aliphatic rings. The molecule has 2 amide bonds. The molecule has 0 aliphatic heterocycles. The van der Waals surface area contributed by atoms with Gasteiger partial charge in [-0.05, 0) is 43.2 Å². The van der Waals surface area contributed by atoms with E-state index in [0.29, 0.717) is 11.2 Å². The van der Waals surface area contributed by atoms with E-state index >= 15 is 0 Å². The Hall–Kier alpha value is -3.22. The number of imidazole rings is 1. The summed E-state index contributed by atoms with van der Waals surface area (Å²) >= 11 is 0. The smallest absolute Gasteiger partial charge is 0.287 e. The molecule has 28 heavy (non-hydrogen) atoms. The van der Waals surface area contributed by atoms with Crippen LogP contribution in [0.25, 0.3) is 5.52 Å². The average Bonchev–Trinajstić information content (AvgIpc) is 3.09. The van der Waals surface area contributed by atoms with Gasteiger partial charge in [-0.3, -0.25) is 14.0 Å². The number of rotatable bonds is 4. The van der Waals surface area contributed by atoms with Crippen molar-refractivity contribution in [2.45, 2.75) is 38.1 Å². The molecule has 1 fully saturated rings. The van der Waals surface area contributed by atoms with E-state index in [-0.39, 0.29) is 23.5 Å². The zero-order valence-corrected chi connectivity index (χ0v) is 15.3. The molecule has 0 spiro atoms. The minimum absolute atomic E-state index is 0.124. The number of pyridine rings is 1. The maximum Gasteiger partial charge on any atom is 0.287 e. The molecule has 0 unspecified atom stereocenters. The highest BCUT2D eigenvalue weighted by Gasteiger charge is 2.24. The molecular formula is C21H21FN4O2. The van der Waals surface area contributed by atoms with Crippen LogP contribution in [0.2, 0.25) is 0 Å². The van der Waals surface area contributed by atoms with Crippen LogP contribution in [0.3, 0.4) is 0 Å². The number of fused-ring (bicyclic) bond motifs is 1. The molecule has 2 N–H and O–H groups in total. The van der Waals surface area contributed by atoms with Gasteiger partial charge in [-0.1, -0.05) is 31.4 Å². The Labute approximate surface area is 161 Å². The summed E-state index contributed by atoms with van der Waals surface area (Å²) in [5, 5.41) is 5.67. The van der Waals surface area contributed by atoms with Gasteiger partial charge in [-0.25, -0.2) is 9.37 Å². The molecule has 2 heterocycles. The lowest BCUT2D eigenvalue weighted by molar-refractivity contribution is 0.0916. The van der Waals surface area contributed by atoms with Crippen LogP contribution in [0.1, 0.15) is 53.2 Å². The van der Waals surface area contributed by atoms with E-state index < -0.39 is 11.7 Å². The number of nitrogens with zero attached hydrogens (tertiary/aromatic N) is 2. The molecule has 7 heteroatoms. The zero-order valence-electron chi connectivity index (χ0n) is 15.3. The van der Waals surface area contributed by atoms with Crippen molar-refractivity contribution in [2.24, 2.45) is 0 Å². The van der Waals surface area contributed by atoms with Gasteiger partial charge in [0.1, 0.15) is 5.82 Å². The van der Waals surface area contributed by atoms with Gasteiger partial charge in [-0.15, -0.1) is 0 Å². The molecule has 2 aromatic heterocycles. The number of hydrogen-bond donors (Lipinski definition) is 2. The largest absolute Gasteiger partial charge is 0.347 e. The SMILES string of the molecule is O=C(Nc1cccc(F)c1)c1nc(C(=O)NC2CCCCC2)n2ccccc12. The topological polar surface area (TPSA) is 75.5 Å². The quantitative estimate of drug-likeness (QED) is 0.723. The van der Waals surface area contributed by atoms with E-state index in [4.69, 9.17) is 0 Å². The average molecular weight is 380 g/mol. The Morgan fingerprint density at radius 2 is 1.86 bits per heavy atom. The van der Waals surface area contributed by atoms with E-state index in [9.17, 15) is 14.0 Å². The van der Waals surface area contributed by atoms with Crippen LogP contribution in [0.5, 0.6) is 0 Å². The van der Waals surface area contributed by atoms with Crippen molar-refractivity contribution in [3.63, 3.8) is 0 Å². The molecule has 1 saturated carbocycles. The number of carbonyl (C=O) groups is 2. The summed E-state index contributed by atoms with van der Waals surface area (Å²) in [6, 6.07) is 11.1. The molecule has 1 aromatic carbocycles. The summed E-state index contributed by atoms with van der Waals surface area (Å²) in [6.45, 7) is 0. The third-order valence-corrected chi connectivity index (χ3v) is 4.99. The summed E-state index contributed by atoms with van der Waals surface area (Å²) in [6.07, 6.45) is 7.03. The Bertz CT molecular complexity index is 1020. The zero-order chi connectivity index (χ0) is 19.5. The maximum atomic E-state index is 13.4. The fraction of sp³-hybridized carbons (Fsp3) is 0.286. The molecule has 6 nitrogen and oxygen atoms in total. The van der Waals surface area contributed by atoms with Crippen molar-refractivity contribution in [1.82, 2.24) is 14.7 Å². The number of aromatic nitrogens is 2. The van der Waals surface area contributed by atoms with Gasteiger partial charge in [-0.2, -0.15) is 0 Å². The first-order chi connectivity index (χ1) is 13.6. The van der Waals surface area contributed by atoms with Crippen molar-refractivity contribution < 1.29 is 14.0 Å². The fourth-order valence-corrected chi connectivity index (χ4v) is 3.62. The predicted octanol–water partition coefficient (Wildman–Crippen LogP) is 3.79. The van der Waals surface area contributed by atoms with Gasteiger partial charge < -0.3 is 10.6 Å². The van der Waals surface area contributed by atoms with E-state index in [1.54, 1.807) is 34.9 Å². The van der Waals surface area contributed by atoms with Crippen LogP contribution in [-0.2, 0) is 0 Å². The molecule has 144 valence electrons. The molecular weight excluding hydrogens is 359 g/mol. The van der Waals surface area contributed by atoms with Crippen molar-refractivity contribution in [1.29, 1.82) is 0 Å². The van der Waals surface area contributed by atoms with E-state index in [2.05, 4.69) is 15.6 Å². The number of amides is 2. The van der Waals surface area contributed by atoms with Crippen molar-refractivity contribution >= 4 is 23.0 Å². The first kappa shape index (κ1) is 18.2. The highest BCUT2D eigenvalue weighted by atomic mass is 19.1. The lowest BCUT2D eigenvalue weighted by Gasteiger charge is -2.22. The van der Waals surface area contributed by atoms with E-state index in [1.807, 2.05) is 0 Å². The third-order valence-electron chi connectivity index (χ3n) is 4.99. The monoisotopic (exact) mass is 380 g/mol. The van der Waals surface area contributed by atoms with Crippen molar-refractivity contribution in [3.8, 4) is 0 Å². The summed E-state index contributed by atoms with van der Waals surface area (Å²) < 4.78 is 15.0. The van der Waals surface area contributed by atoms with Gasteiger partial charge in [0, 0.05) is 17.9 Å². The van der Waals surface area contributed by atoms with Crippen LogP contribution in [0.15, 0.2) is 48.7 Å². The minimum atomic E-state index is -0.494. The number of halogens is 1. The van der Waals surface area contributed by atoms with Gasteiger partial charge in [0.25, 0.3) is 11.8 Å². The summed E-state index contributed by atoms with van der Waals surface area (Å²) in [5.41, 5.74) is 0.971. The van der Waals surface area contributed by atoms with Gasteiger partial charge >= 0.3 is 0 Å². The molecule has 1 aliphatic carbocycles. The lowest BCUT2D eigenvalue weighted by Crippen LogP contribution is -2.37. The summed E-state index contributed by atoms with van der Waals surface area (Å²) in [4.78, 5) is 29.8. The molecule has 0 atom stereocenters. The molecule has 0 bridgehead atoms. The summed E-state index contributed by atoms with van der Waals surface area (Å²) in [7, 11) is 0. The number of anilines is 1. The number of benzene rings is 1. The molecule has 0 saturated heterocycles. The molecule has 3 aromatic rings. The second-order valence-corrected chi connectivity index (χ2v) is 7.01. The normalized spacial score (nSPS) is 14.8. The van der Waals surface area contributed by atoms with Crippen molar-refractivity contribution in [2.75, 3.05) is 5.32 Å². The Morgan fingerprint density at radius 3 is 2.64 bits per heavy atom. The maximum absolute atomic E-state index is 13.4. The summed E-state index contributed by atoms with van der Waals surface area (Å²) in [5.74, 6) is -1.06. The first-order valence-corrected chi connectivity index (χ1v) is 9.47. The van der Waals surface area contributed by atoms with Crippen LogP contribution >= 0.6 is 0 Å². The Kier molecular flexibility index (Phi) is 5.06. The Morgan fingerprint density at radius 1 is 1.04 bits per heavy atom. The number of nitrogens with one attached hydrogen (secondary N) is 2. The van der Waals surface area contributed by atoms with Crippen LogP contribution in [0.4, 0.5) is 10.1 Å². The Balaban J connectivity index is 1.62. The standard InChI is InChI=1S/C21H21FN4O2/c22-14-7-6-10-16(13-14)24-20(27)18-17-11-4-5-12-26(17)19(25-18)21(28)23-15-8-2-1-3-9-15/h4-7,10-13,15H,1-3,8-9H2,(H,23,28)(H,24,27). The van der Waals surface area contributed by atoms with Crippen LogP contribution in [-0.4, -0.2) is 27.2 Å². The van der Waals surface area contributed by atoms with Gasteiger partial charge in [0.05, 0.1) is 5.52 Å². The van der Waals surface area contributed by atoms with Gasteiger partial charge in [0.2, 0.25) is 5.82 Å². The lowest BCUT2D eigenvalue weighted by atomic mass is 9.95. The molecule has 4 rings (SSSR count). The highest BCUT2D eigenvalue weighted by molar-refractivity contribution is 6.08. The third kappa shape index (κ3) is 3.74. The second kappa shape index (κ2) is 7.80. The van der Waals surface area contributed by atoms with Crippen molar-refractivity contribution in [3.05, 3.63) is 66.0 Å². The van der Waals surface area contributed by atoms with E-state index in [0.717, 1.165) is 25.7 Å². The van der Waals surface area contributed by atoms with Gasteiger partial charge in [0.15, 0.2) is 5.69 Å². The van der Waals surface area contributed by atoms with E-state index in [1.165, 1.54) is 24.6 Å². The fourth-order valence-electron chi connectivity index (χ4n) is 3.62. The number of carbonyl (C=O) groups excluding carboxylic acids is 2. The first-order valence-electron chi connectivity index (χ1n) is 9.47. The van der Waals surface area contributed by atoms with Crippen LogP contribution < -0.4 is 10.6 Å². The minimum Gasteiger partial charge on any atom is -0.347 e. The second-order valence-electron chi connectivity index (χ2n) is 7.01.